The number of ether oxygens (including phenoxy) is 1. The fourth-order valence-corrected chi connectivity index (χ4v) is 1.60. The topological polar surface area (TPSA) is 92.8 Å². The van der Waals surface area contributed by atoms with Gasteiger partial charge in [-0.3, -0.25) is 0 Å². The molecule has 0 unspecified atom stereocenters. The molecule has 0 saturated heterocycles. The van der Waals surface area contributed by atoms with Gasteiger partial charge in [-0.2, -0.15) is 0 Å². The molecule has 94 valence electrons. The molecule has 1 rings (SSSR count). The van der Waals surface area contributed by atoms with Crippen molar-refractivity contribution in [2.75, 3.05) is 7.11 Å². The monoisotopic (exact) mass is 239 g/mol. The zero-order valence-electron chi connectivity index (χ0n) is 10.2. The van der Waals surface area contributed by atoms with E-state index < -0.39 is 11.5 Å². The first-order valence-corrected chi connectivity index (χ1v) is 5.16. The van der Waals surface area contributed by atoms with Crippen molar-refractivity contribution in [2.24, 2.45) is 5.73 Å². The first kappa shape index (κ1) is 13.3. The van der Waals surface area contributed by atoms with Gasteiger partial charge in [0.2, 0.25) is 0 Å². The van der Waals surface area contributed by atoms with Crippen LogP contribution in [-0.4, -0.2) is 28.8 Å². The second-order valence-corrected chi connectivity index (χ2v) is 4.65. The van der Waals surface area contributed by atoms with Gasteiger partial charge in [-0.05, 0) is 31.9 Å². The van der Waals surface area contributed by atoms with Gasteiger partial charge in [0.1, 0.15) is 17.1 Å². The second-order valence-electron chi connectivity index (χ2n) is 4.65. The summed E-state index contributed by atoms with van der Waals surface area (Å²) in [6.45, 7) is 3.67. The zero-order valence-corrected chi connectivity index (χ0v) is 10.2. The minimum absolute atomic E-state index is 0.148. The van der Waals surface area contributed by atoms with Crippen molar-refractivity contribution in [1.29, 1.82) is 0 Å². The summed E-state index contributed by atoms with van der Waals surface area (Å²) in [5.41, 5.74) is 5.92. The molecule has 0 amide bonds. The van der Waals surface area contributed by atoms with Crippen LogP contribution in [0.25, 0.3) is 0 Å². The second kappa shape index (κ2) is 4.63. The number of hydrogen-bond acceptors (Lipinski definition) is 4. The van der Waals surface area contributed by atoms with Crippen LogP contribution in [0.3, 0.4) is 0 Å². The number of carboxylic acid groups (broad SMARTS) is 1. The molecule has 4 N–H and O–H groups in total. The highest BCUT2D eigenvalue weighted by atomic mass is 16.5. The van der Waals surface area contributed by atoms with Crippen LogP contribution in [0.2, 0.25) is 0 Å². The number of methoxy groups -OCH3 is 1. The molecule has 0 spiro atoms. The molecule has 0 radical (unpaired) electrons. The van der Waals surface area contributed by atoms with Crippen LogP contribution in [-0.2, 0) is 6.42 Å². The van der Waals surface area contributed by atoms with Crippen LogP contribution in [0, 0.1) is 0 Å². The first-order valence-electron chi connectivity index (χ1n) is 5.16. The van der Waals surface area contributed by atoms with Gasteiger partial charge in [-0.25, -0.2) is 4.79 Å². The molecule has 0 aliphatic carbocycles. The molecule has 0 atom stereocenters. The summed E-state index contributed by atoms with van der Waals surface area (Å²) in [7, 11) is 1.46. The highest BCUT2D eigenvalue weighted by molar-refractivity contribution is 5.91. The van der Waals surface area contributed by atoms with Crippen LogP contribution in [0.5, 0.6) is 11.5 Å². The van der Waals surface area contributed by atoms with Gasteiger partial charge in [0, 0.05) is 11.6 Å². The number of phenols is 1. The molecule has 0 heterocycles. The largest absolute Gasteiger partial charge is 0.507 e. The van der Waals surface area contributed by atoms with Crippen molar-refractivity contribution in [3.05, 3.63) is 23.3 Å². The van der Waals surface area contributed by atoms with Gasteiger partial charge in [-0.15, -0.1) is 0 Å². The molecule has 0 fully saturated rings. The maximum Gasteiger partial charge on any atom is 0.339 e. The fraction of sp³-hybridized carbons (Fsp3) is 0.417. The predicted octanol–water partition coefficient (Wildman–Crippen LogP) is 1.38. The van der Waals surface area contributed by atoms with Crippen LogP contribution in [0.15, 0.2) is 12.1 Å². The summed E-state index contributed by atoms with van der Waals surface area (Å²) in [6.07, 6.45) is 0.455. The number of hydrogen-bond donors (Lipinski definition) is 3. The number of carbonyl (C=O) groups is 1. The van der Waals surface area contributed by atoms with Gasteiger partial charge in [0.05, 0.1) is 7.11 Å². The third-order valence-corrected chi connectivity index (χ3v) is 2.28. The van der Waals surface area contributed by atoms with E-state index >= 15 is 0 Å². The van der Waals surface area contributed by atoms with Gasteiger partial charge >= 0.3 is 5.97 Å². The molecule has 0 aliphatic rings. The zero-order chi connectivity index (χ0) is 13.2. The number of rotatable bonds is 4. The Balaban J connectivity index is 3.26. The third kappa shape index (κ3) is 3.35. The van der Waals surface area contributed by atoms with E-state index in [-0.39, 0.29) is 11.3 Å². The molecule has 0 saturated carbocycles. The average Bonchev–Trinajstić information content (AvgIpc) is 2.17. The highest BCUT2D eigenvalue weighted by Crippen LogP contribution is 2.30. The van der Waals surface area contributed by atoms with Gasteiger partial charge < -0.3 is 20.7 Å². The molecule has 1 aromatic carbocycles. The van der Waals surface area contributed by atoms with E-state index in [1.54, 1.807) is 0 Å². The van der Waals surface area contributed by atoms with E-state index in [0.717, 1.165) is 0 Å². The summed E-state index contributed by atoms with van der Waals surface area (Å²) < 4.78 is 5.10. The summed E-state index contributed by atoms with van der Waals surface area (Å²) in [5, 5.41) is 18.4. The Morgan fingerprint density at radius 1 is 1.47 bits per heavy atom. The van der Waals surface area contributed by atoms with Crippen LogP contribution in [0.4, 0.5) is 0 Å². The normalized spacial score (nSPS) is 11.3. The molecule has 5 heteroatoms. The van der Waals surface area contributed by atoms with E-state index in [1.165, 1.54) is 19.2 Å². The van der Waals surface area contributed by atoms with Crippen molar-refractivity contribution in [3.63, 3.8) is 0 Å². The summed E-state index contributed by atoms with van der Waals surface area (Å²) in [4.78, 5) is 10.9. The van der Waals surface area contributed by atoms with E-state index in [9.17, 15) is 9.90 Å². The number of aromatic carboxylic acids is 1. The Labute approximate surface area is 99.8 Å². The van der Waals surface area contributed by atoms with E-state index in [4.69, 9.17) is 15.6 Å². The molecule has 0 aromatic heterocycles. The number of nitrogens with two attached hydrogens (primary N) is 1. The predicted molar refractivity (Wildman–Crippen MR) is 63.6 cm³/mol. The van der Waals surface area contributed by atoms with E-state index in [2.05, 4.69) is 0 Å². The SMILES string of the molecule is COc1cc(O)c(C(=O)O)cc1CC(C)(C)N. The van der Waals surface area contributed by atoms with Gasteiger partial charge in [0.25, 0.3) is 0 Å². The van der Waals surface area contributed by atoms with Gasteiger partial charge in [0.15, 0.2) is 0 Å². The Hall–Kier alpha value is -1.75. The molecule has 1 aromatic rings. The number of carboxylic acids is 1. The molecule has 0 bridgehead atoms. The minimum atomic E-state index is -1.18. The van der Waals surface area contributed by atoms with E-state index in [1.807, 2.05) is 13.8 Å². The van der Waals surface area contributed by atoms with Crippen molar-refractivity contribution in [2.45, 2.75) is 25.8 Å². The lowest BCUT2D eigenvalue weighted by Crippen LogP contribution is -2.34. The van der Waals surface area contributed by atoms with E-state index in [0.29, 0.717) is 17.7 Å². The molecular weight excluding hydrogens is 222 g/mol. The number of benzene rings is 1. The molecule has 5 nitrogen and oxygen atoms in total. The standard InChI is InChI=1S/C12H17NO4/c1-12(2,13)6-7-4-8(11(15)16)9(14)5-10(7)17-3/h4-5,14H,6,13H2,1-3H3,(H,15,16). The van der Waals surface area contributed by atoms with Crippen LogP contribution < -0.4 is 10.5 Å². The van der Waals surface area contributed by atoms with Crippen molar-refractivity contribution < 1.29 is 19.7 Å². The molecular formula is C12H17NO4. The molecule has 0 aliphatic heterocycles. The Morgan fingerprint density at radius 3 is 2.47 bits per heavy atom. The van der Waals surface area contributed by atoms with Crippen LogP contribution in [0.1, 0.15) is 29.8 Å². The lowest BCUT2D eigenvalue weighted by Gasteiger charge is -2.20. The van der Waals surface area contributed by atoms with Crippen molar-refractivity contribution in [3.8, 4) is 11.5 Å². The maximum absolute atomic E-state index is 10.9. The van der Waals surface area contributed by atoms with Gasteiger partial charge in [-0.1, -0.05) is 0 Å². The summed E-state index contributed by atoms with van der Waals surface area (Å²) in [5.74, 6) is -1.06. The third-order valence-electron chi connectivity index (χ3n) is 2.28. The first-order chi connectivity index (χ1) is 7.74. The Morgan fingerprint density at radius 2 is 2.06 bits per heavy atom. The lowest BCUT2D eigenvalue weighted by molar-refractivity contribution is 0.0693. The summed E-state index contributed by atoms with van der Waals surface area (Å²) in [6, 6.07) is 2.69. The van der Waals surface area contributed by atoms with Crippen molar-refractivity contribution >= 4 is 5.97 Å². The molecule has 17 heavy (non-hydrogen) atoms. The number of aromatic hydroxyl groups is 1. The van der Waals surface area contributed by atoms with Crippen LogP contribution >= 0.6 is 0 Å². The maximum atomic E-state index is 10.9. The Bertz CT molecular complexity index is 435. The Kier molecular flexibility index (Phi) is 3.63. The smallest absolute Gasteiger partial charge is 0.339 e. The lowest BCUT2D eigenvalue weighted by atomic mass is 9.94. The average molecular weight is 239 g/mol. The summed E-state index contributed by atoms with van der Waals surface area (Å²) >= 11 is 0. The van der Waals surface area contributed by atoms with Crippen molar-refractivity contribution in [1.82, 2.24) is 0 Å². The minimum Gasteiger partial charge on any atom is -0.507 e. The highest BCUT2D eigenvalue weighted by Gasteiger charge is 2.19. The fourth-order valence-electron chi connectivity index (χ4n) is 1.60. The quantitative estimate of drug-likeness (QED) is 0.738.